The van der Waals surface area contributed by atoms with Gasteiger partial charge in [0, 0.05) is 28.6 Å². The lowest BCUT2D eigenvalue weighted by molar-refractivity contribution is -0.121. The van der Waals surface area contributed by atoms with Crippen molar-refractivity contribution in [1.82, 2.24) is 0 Å². The number of nitrogens with zero attached hydrogens (tertiary/aromatic N) is 1. The van der Waals surface area contributed by atoms with Gasteiger partial charge in [-0.1, -0.05) is 28.1 Å². The molecule has 0 unspecified atom stereocenters. The number of imide groups is 1. The molecule has 1 aliphatic heterocycles. The number of amides is 3. The van der Waals surface area contributed by atoms with Crippen molar-refractivity contribution in [2.75, 3.05) is 10.2 Å². The van der Waals surface area contributed by atoms with Gasteiger partial charge in [-0.25, -0.2) is 0 Å². The maximum Gasteiger partial charge on any atom is 0.255 e. The molecule has 0 bridgehead atoms. The molecule has 2 aromatic rings. The van der Waals surface area contributed by atoms with E-state index in [9.17, 15) is 14.4 Å². The Bertz CT molecular complexity index is 788. The summed E-state index contributed by atoms with van der Waals surface area (Å²) in [6, 6.07) is 13.7. The highest BCUT2D eigenvalue weighted by Gasteiger charge is 2.30. The molecule has 1 aliphatic rings. The maximum absolute atomic E-state index is 12.3. The zero-order valence-corrected chi connectivity index (χ0v) is 13.7. The fourth-order valence-corrected chi connectivity index (χ4v) is 2.82. The van der Waals surface area contributed by atoms with Gasteiger partial charge < -0.3 is 5.32 Å². The van der Waals surface area contributed by atoms with E-state index >= 15 is 0 Å². The molecule has 5 nitrogen and oxygen atoms in total. The summed E-state index contributed by atoms with van der Waals surface area (Å²) in [5, 5.41) is 2.78. The molecule has 0 atom stereocenters. The first kappa shape index (κ1) is 15.4. The number of hydrogen-bond acceptors (Lipinski definition) is 3. The monoisotopic (exact) mass is 372 g/mol. The van der Waals surface area contributed by atoms with E-state index in [0.29, 0.717) is 16.9 Å². The van der Waals surface area contributed by atoms with Crippen molar-refractivity contribution in [3.63, 3.8) is 0 Å². The summed E-state index contributed by atoms with van der Waals surface area (Å²) in [5.74, 6) is -0.775. The molecule has 3 amide bonds. The molecule has 116 valence electrons. The van der Waals surface area contributed by atoms with Crippen LogP contribution in [-0.4, -0.2) is 17.7 Å². The van der Waals surface area contributed by atoms with Gasteiger partial charge in [0.05, 0.1) is 5.69 Å². The Balaban J connectivity index is 1.83. The zero-order chi connectivity index (χ0) is 16.4. The molecule has 1 N–H and O–H groups in total. The smallest absolute Gasteiger partial charge is 0.255 e. The average molecular weight is 373 g/mol. The molecule has 0 aliphatic carbocycles. The van der Waals surface area contributed by atoms with Gasteiger partial charge >= 0.3 is 0 Å². The van der Waals surface area contributed by atoms with E-state index < -0.39 is 0 Å². The van der Waals surface area contributed by atoms with Crippen molar-refractivity contribution in [3.8, 4) is 0 Å². The van der Waals surface area contributed by atoms with Crippen LogP contribution in [0.15, 0.2) is 53.0 Å². The Kier molecular flexibility index (Phi) is 4.25. The van der Waals surface area contributed by atoms with Crippen LogP contribution in [0.3, 0.4) is 0 Å². The Morgan fingerprint density at radius 2 is 1.70 bits per heavy atom. The molecule has 23 heavy (non-hydrogen) atoms. The van der Waals surface area contributed by atoms with Gasteiger partial charge in [0.1, 0.15) is 0 Å². The van der Waals surface area contributed by atoms with E-state index in [1.807, 2.05) is 12.1 Å². The minimum atomic E-state index is -0.302. The highest BCUT2D eigenvalue weighted by molar-refractivity contribution is 9.10. The standard InChI is InChI=1S/C17H13BrN2O3/c18-12-4-2-5-13(10-12)19-17(23)11-3-1-6-14(9-11)20-15(21)7-8-16(20)22/h1-6,9-10H,7-8H2,(H,19,23). The van der Waals surface area contributed by atoms with Crippen molar-refractivity contribution in [1.29, 1.82) is 0 Å². The normalized spacial score (nSPS) is 14.2. The SMILES string of the molecule is O=C(Nc1cccc(Br)c1)c1cccc(N2C(=O)CCC2=O)c1. The van der Waals surface area contributed by atoms with Gasteiger partial charge in [-0.15, -0.1) is 0 Å². The van der Waals surface area contributed by atoms with Gasteiger partial charge in [0.15, 0.2) is 0 Å². The fourth-order valence-electron chi connectivity index (χ4n) is 2.42. The van der Waals surface area contributed by atoms with Crippen molar-refractivity contribution in [3.05, 3.63) is 58.6 Å². The predicted octanol–water partition coefficient (Wildman–Crippen LogP) is 3.35. The first-order valence-electron chi connectivity index (χ1n) is 7.07. The third-order valence-corrected chi connectivity index (χ3v) is 3.99. The van der Waals surface area contributed by atoms with E-state index in [-0.39, 0.29) is 30.6 Å². The summed E-state index contributed by atoms with van der Waals surface area (Å²) in [6.07, 6.45) is 0.431. The van der Waals surface area contributed by atoms with Crippen molar-refractivity contribution < 1.29 is 14.4 Å². The van der Waals surface area contributed by atoms with E-state index in [4.69, 9.17) is 0 Å². The third-order valence-electron chi connectivity index (χ3n) is 3.50. The molecule has 1 saturated heterocycles. The van der Waals surface area contributed by atoms with Gasteiger partial charge in [-0.3, -0.25) is 19.3 Å². The van der Waals surface area contributed by atoms with E-state index in [1.54, 1.807) is 36.4 Å². The van der Waals surface area contributed by atoms with Crippen LogP contribution in [0, 0.1) is 0 Å². The summed E-state index contributed by atoms with van der Waals surface area (Å²) in [7, 11) is 0. The topological polar surface area (TPSA) is 66.5 Å². The van der Waals surface area contributed by atoms with Crippen LogP contribution in [0.2, 0.25) is 0 Å². The number of hydrogen-bond donors (Lipinski definition) is 1. The van der Waals surface area contributed by atoms with Crippen LogP contribution in [0.5, 0.6) is 0 Å². The highest BCUT2D eigenvalue weighted by Crippen LogP contribution is 2.24. The number of nitrogens with one attached hydrogen (secondary N) is 1. The fraction of sp³-hybridized carbons (Fsp3) is 0.118. The van der Waals surface area contributed by atoms with E-state index in [2.05, 4.69) is 21.2 Å². The lowest BCUT2D eigenvalue weighted by atomic mass is 10.1. The van der Waals surface area contributed by atoms with Crippen molar-refractivity contribution in [2.24, 2.45) is 0 Å². The maximum atomic E-state index is 12.3. The number of benzene rings is 2. The Labute approximate surface area is 141 Å². The van der Waals surface area contributed by atoms with Gasteiger partial charge in [0.25, 0.3) is 5.91 Å². The van der Waals surface area contributed by atoms with Gasteiger partial charge in [-0.05, 0) is 36.4 Å². The Morgan fingerprint density at radius 3 is 2.39 bits per heavy atom. The number of carbonyl (C=O) groups excluding carboxylic acids is 3. The van der Waals surface area contributed by atoms with Gasteiger partial charge in [-0.2, -0.15) is 0 Å². The second kappa shape index (κ2) is 6.34. The minimum absolute atomic E-state index is 0.216. The predicted molar refractivity (Wildman–Crippen MR) is 90.3 cm³/mol. The number of anilines is 2. The van der Waals surface area contributed by atoms with Crippen LogP contribution >= 0.6 is 15.9 Å². The molecule has 0 saturated carbocycles. The molecule has 3 rings (SSSR count). The summed E-state index contributed by atoms with van der Waals surface area (Å²) in [4.78, 5) is 37.1. The minimum Gasteiger partial charge on any atom is -0.322 e. The van der Waals surface area contributed by atoms with Crippen LogP contribution in [-0.2, 0) is 9.59 Å². The zero-order valence-electron chi connectivity index (χ0n) is 12.1. The molecular weight excluding hydrogens is 360 g/mol. The summed E-state index contributed by atoms with van der Waals surface area (Å²) < 4.78 is 0.859. The lowest BCUT2D eigenvalue weighted by Gasteiger charge is -2.14. The number of halogens is 1. The number of carbonyl (C=O) groups is 3. The molecule has 6 heteroatoms. The Morgan fingerprint density at radius 1 is 1.00 bits per heavy atom. The molecule has 1 fully saturated rings. The van der Waals surface area contributed by atoms with Crippen LogP contribution in [0.25, 0.3) is 0 Å². The molecular formula is C17H13BrN2O3. The first-order chi connectivity index (χ1) is 11.0. The highest BCUT2D eigenvalue weighted by atomic mass is 79.9. The van der Waals surface area contributed by atoms with Crippen LogP contribution in [0.4, 0.5) is 11.4 Å². The second-order valence-corrected chi connectivity index (χ2v) is 6.05. The van der Waals surface area contributed by atoms with Crippen LogP contribution < -0.4 is 10.2 Å². The Hall–Kier alpha value is -2.47. The lowest BCUT2D eigenvalue weighted by Crippen LogP contribution is -2.28. The number of rotatable bonds is 3. The largest absolute Gasteiger partial charge is 0.322 e. The quantitative estimate of drug-likeness (QED) is 0.840. The van der Waals surface area contributed by atoms with Gasteiger partial charge in [0.2, 0.25) is 11.8 Å². The van der Waals surface area contributed by atoms with E-state index in [1.165, 1.54) is 0 Å². The second-order valence-electron chi connectivity index (χ2n) is 5.14. The molecule has 1 heterocycles. The average Bonchev–Trinajstić information content (AvgIpc) is 2.86. The summed E-state index contributed by atoms with van der Waals surface area (Å²) >= 11 is 3.34. The molecule has 0 radical (unpaired) electrons. The first-order valence-corrected chi connectivity index (χ1v) is 7.87. The molecule has 2 aromatic carbocycles. The van der Waals surface area contributed by atoms with Crippen molar-refractivity contribution in [2.45, 2.75) is 12.8 Å². The third kappa shape index (κ3) is 3.32. The molecule has 0 spiro atoms. The van der Waals surface area contributed by atoms with Crippen LogP contribution in [0.1, 0.15) is 23.2 Å². The van der Waals surface area contributed by atoms with E-state index in [0.717, 1.165) is 9.37 Å². The van der Waals surface area contributed by atoms with Crippen molar-refractivity contribution >= 4 is 45.0 Å². The molecule has 0 aromatic heterocycles. The summed E-state index contributed by atoms with van der Waals surface area (Å²) in [6.45, 7) is 0. The summed E-state index contributed by atoms with van der Waals surface area (Å²) in [5.41, 5.74) is 1.47.